The number of aromatic amines is 1. The first-order valence-electron chi connectivity index (χ1n) is 5.99. The zero-order chi connectivity index (χ0) is 13.8. The summed E-state index contributed by atoms with van der Waals surface area (Å²) in [6.45, 7) is 1.45. The molecule has 0 saturated heterocycles. The van der Waals surface area contributed by atoms with E-state index in [1.165, 1.54) is 6.92 Å². The molecule has 1 unspecified atom stereocenters. The SMILES string of the molecule is CC(=O)SCC(Cc1c[nH]c2ccccc12)C(=O)O. The zero-order valence-electron chi connectivity index (χ0n) is 10.6. The summed E-state index contributed by atoms with van der Waals surface area (Å²) in [5.74, 6) is -1.10. The fraction of sp³-hybridized carbons (Fsp3) is 0.286. The van der Waals surface area contributed by atoms with Gasteiger partial charge in [-0.1, -0.05) is 30.0 Å². The zero-order valence-corrected chi connectivity index (χ0v) is 11.4. The van der Waals surface area contributed by atoms with Crippen molar-refractivity contribution in [1.29, 1.82) is 0 Å². The average Bonchev–Trinajstić information content (AvgIpc) is 2.77. The number of carboxylic acid groups (broad SMARTS) is 1. The third-order valence-corrected chi connectivity index (χ3v) is 3.95. The average molecular weight is 277 g/mol. The van der Waals surface area contributed by atoms with Crippen LogP contribution in [0, 0.1) is 5.92 Å². The van der Waals surface area contributed by atoms with E-state index < -0.39 is 11.9 Å². The lowest BCUT2D eigenvalue weighted by atomic mass is 10.0. The largest absolute Gasteiger partial charge is 0.481 e. The minimum Gasteiger partial charge on any atom is -0.481 e. The topological polar surface area (TPSA) is 70.2 Å². The van der Waals surface area contributed by atoms with Crippen molar-refractivity contribution in [3.8, 4) is 0 Å². The molecule has 0 amide bonds. The second-order valence-corrected chi connectivity index (χ2v) is 5.60. The number of hydrogen-bond donors (Lipinski definition) is 2. The molecule has 0 spiro atoms. The number of para-hydroxylation sites is 1. The number of thioether (sulfide) groups is 1. The lowest BCUT2D eigenvalue weighted by Gasteiger charge is -2.10. The molecule has 1 aromatic carbocycles. The van der Waals surface area contributed by atoms with Gasteiger partial charge >= 0.3 is 5.97 Å². The van der Waals surface area contributed by atoms with E-state index in [0.717, 1.165) is 28.2 Å². The number of rotatable bonds is 5. The van der Waals surface area contributed by atoms with Crippen LogP contribution in [0.5, 0.6) is 0 Å². The number of carboxylic acids is 1. The lowest BCUT2D eigenvalue weighted by Crippen LogP contribution is -2.19. The van der Waals surface area contributed by atoms with Gasteiger partial charge in [0.05, 0.1) is 5.92 Å². The maximum atomic E-state index is 11.2. The Balaban J connectivity index is 2.16. The summed E-state index contributed by atoms with van der Waals surface area (Å²) in [6, 6.07) is 7.79. The molecule has 2 aromatic rings. The smallest absolute Gasteiger partial charge is 0.307 e. The van der Waals surface area contributed by atoms with Gasteiger partial charge in [-0.05, 0) is 18.1 Å². The molecule has 0 aliphatic heterocycles. The van der Waals surface area contributed by atoms with E-state index in [9.17, 15) is 14.7 Å². The van der Waals surface area contributed by atoms with Crippen LogP contribution in [0.1, 0.15) is 12.5 Å². The van der Waals surface area contributed by atoms with Crippen molar-refractivity contribution in [2.45, 2.75) is 13.3 Å². The first-order chi connectivity index (χ1) is 9.08. The molecule has 1 atom stereocenters. The van der Waals surface area contributed by atoms with Crippen LogP contribution < -0.4 is 0 Å². The molecule has 1 aromatic heterocycles. The first-order valence-corrected chi connectivity index (χ1v) is 6.97. The highest BCUT2D eigenvalue weighted by Crippen LogP contribution is 2.22. The van der Waals surface area contributed by atoms with Crippen LogP contribution in [0.15, 0.2) is 30.5 Å². The van der Waals surface area contributed by atoms with E-state index in [0.29, 0.717) is 12.2 Å². The highest BCUT2D eigenvalue weighted by molar-refractivity contribution is 8.13. The Morgan fingerprint density at radius 3 is 2.79 bits per heavy atom. The molecule has 100 valence electrons. The molecule has 19 heavy (non-hydrogen) atoms. The summed E-state index contributed by atoms with van der Waals surface area (Å²) in [5, 5.41) is 10.2. The Morgan fingerprint density at radius 1 is 1.37 bits per heavy atom. The highest BCUT2D eigenvalue weighted by Gasteiger charge is 2.20. The summed E-state index contributed by atoms with van der Waals surface area (Å²) in [4.78, 5) is 25.3. The van der Waals surface area contributed by atoms with Gasteiger partial charge < -0.3 is 10.1 Å². The Bertz CT molecular complexity index is 606. The van der Waals surface area contributed by atoms with Gasteiger partial charge in [0.1, 0.15) is 0 Å². The molecule has 0 radical (unpaired) electrons. The molecule has 1 heterocycles. The van der Waals surface area contributed by atoms with Crippen molar-refractivity contribution in [2.24, 2.45) is 5.92 Å². The van der Waals surface area contributed by atoms with Gasteiger partial charge in [-0.3, -0.25) is 9.59 Å². The highest BCUT2D eigenvalue weighted by atomic mass is 32.2. The van der Waals surface area contributed by atoms with Crippen molar-refractivity contribution in [3.05, 3.63) is 36.0 Å². The molecule has 0 fully saturated rings. The van der Waals surface area contributed by atoms with Crippen LogP contribution in [0.25, 0.3) is 10.9 Å². The van der Waals surface area contributed by atoms with Crippen molar-refractivity contribution >= 4 is 33.7 Å². The van der Waals surface area contributed by atoms with Crippen molar-refractivity contribution < 1.29 is 14.7 Å². The molecule has 2 N–H and O–H groups in total. The fourth-order valence-corrected chi connectivity index (χ4v) is 2.70. The number of fused-ring (bicyclic) bond motifs is 1. The van der Waals surface area contributed by atoms with Gasteiger partial charge in [-0.25, -0.2) is 0 Å². The van der Waals surface area contributed by atoms with E-state index in [2.05, 4.69) is 4.98 Å². The third kappa shape index (κ3) is 3.38. The van der Waals surface area contributed by atoms with Gasteiger partial charge in [0.15, 0.2) is 5.12 Å². The van der Waals surface area contributed by atoms with Gasteiger partial charge in [0.25, 0.3) is 0 Å². The molecule has 0 saturated carbocycles. The molecule has 0 bridgehead atoms. The van der Waals surface area contributed by atoms with Crippen LogP contribution in [-0.4, -0.2) is 26.9 Å². The fourth-order valence-electron chi connectivity index (χ4n) is 2.00. The monoisotopic (exact) mass is 277 g/mol. The van der Waals surface area contributed by atoms with Crippen LogP contribution >= 0.6 is 11.8 Å². The first kappa shape index (κ1) is 13.7. The minimum absolute atomic E-state index is 0.0508. The van der Waals surface area contributed by atoms with E-state index in [1.807, 2.05) is 30.5 Å². The van der Waals surface area contributed by atoms with Crippen molar-refractivity contribution in [2.75, 3.05) is 5.75 Å². The minimum atomic E-state index is -0.862. The van der Waals surface area contributed by atoms with E-state index >= 15 is 0 Å². The Morgan fingerprint density at radius 2 is 2.11 bits per heavy atom. The van der Waals surface area contributed by atoms with Crippen molar-refractivity contribution in [1.82, 2.24) is 4.98 Å². The number of carbonyl (C=O) groups excluding carboxylic acids is 1. The van der Waals surface area contributed by atoms with E-state index in [1.54, 1.807) is 0 Å². The predicted molar refractivity (Wildman–Crippen MR) is 76.3 cm³/mol. The van der Waals surface area contributed by atoms with Crippen molar-refractivity contribution in [3.63, 3.8) is 0 Å². The normalized spacial score (nSPS) is 12.5. The number of hydrogen-bond acceptors (Lipinski definition) is 3. The number of aliphatic carboxylic acids is 1. The molecule has 0 aliphatic rings. The summed E-state index contributed by atoms with van der Waals surface area (Å²) in [5.41, 5.74) is 1.98. The second-order valence-electron chi connectivity index (χ2n) is 4.40. The van der Waals surface area contributed by atoms with Gasteiger partial charge in [0.2, 0.25) is 0 Å². The summed E-state index contributed by atoms with van der Waals surface area (Å²) in [7, 11) is 0. The second kappa shape index (κ2) is 5.93. The maximum Gasteiger partial charge on any atom is 0.307 e. The summed E-state index contributed by atoms with van der Waals surface area (Å²) in [6.07, 6.45) is 2.28. The van der Waals surface area contributed by atoms with Gasteiger partial charge in [0, 0.05) is 29.8 Å². The molecule has 4 nitrogen and oxygen atoms in total. The molecular weight excluding hydrogens is 262 g/mol. The van der Waals surface area contributed by atoms with Crippen LogP contribution in [-0.2, 0) is 16.0 Å². The van der Waals surface area contributed by atoms with Gasteiger partial charge in [-0.2, -0.15) is 0 Å². The summed E-state index contributed by atoms with van der Waals surface area (Å²) < 4.78 is 0. The number of benzene rings is 1. The van der Waals surface area contributed by atoms with E-state index in [4.69, 9.17) is 0 Å². The lowest BCUT2D eigenvalue weighted by molar-refractivity contribution is -0.140. The Labute approximate surface area is 115 Å². The van der Waals surface area contributed by atoms with E-state index in [-0.39, 0.29) is 5.12 Å². The molecule has 5 heteroatoms. The Hall–Kier alpha value is -1.75. The number of aromatic nitrogens is 1. The quantitative estimate of drug-likeness (QED) is 0.881. The number of carbonyl (C=O) groups is 2. The molecule has 2 rings (SSSR count). The molecular formula is C14H15NO3S. The maximum absolute atomic E-state index is 11.2. The van der Waals surface area contributed by atoms with Gasteiger partial charge in [-0.15, -0.1) is 0 Å². The standard InChI is InChI=1S/C14H15NO3S/c1-9(16)19-8-11(14(17)18)6-10-7-15-13-5-3-2-4-12(10)13/h2-5,7,11,15H,6,8H2,1H3,(H,17,18). The predicted octanol–water partition coefficient (Wildman–Crippen LogP) is 2.69. The Kier molecular flexibility index (Phi) is 4.27. The molecule has 0 aliphatic carbocycles. The van der Waals surface area contributed by atoms with Crippen LogP contribution in [0.3, 0.4) is 0 Å². The van der Waals surface area contributed by atoms with Crippen LogP contribution in [0.2, 0.25) is 0 Å². The van der Waals surface area contributed by atoms with Crippen LogP contribution in [0.4, 0.5) is 0 Å². The number of nitrogens with one attached hydrogen (secondary N) is 1. The third-order valence-electron chi connectivity index (χ3n) is 2.98. The number of H-pyrrole nitrogens is 1. The summed E-state index contributed by atoms with van der Waals surface area (Å²) >= 11 is 1.07.